The minimum Gasteiger partial charge on any atom is -0.459 e. The van der Waals surface area contributed by atoms with Crippen LogP contribution in [0.15, 0.2) is 40.5 Å². The molecule has 0 unspecified atom stereocenters. The number of benzene rings is 1. The number of likely N-dealkylation sites (N-methyl/N-ethyl adjacent to an activating group) is 1. The molecular weight excluding hydrogens is 739 g/mol. The fourth-order valence-corrected chi connectivity index (χ4v) is 9.81. The Kier molecular flexibility index (Phi) is 16.1. The molecule has 1 saturated carbocycles. The van der Waals surface area contributed by atoms with E-state index in [4.69, 9.17) is 24.2 Å². The second kappa shape index (κ2) is 19.6. The summed E-state index contributed by atoms with van der Waals surface area (Å²) in [6, 6.07) is 9.50. The minimum atomic E-state index is -1.57. The quantitative estimate of drug-likeness (QED) is 0.163. The van der Waals surface area contributed by atoms with Crippen LogP contribution in [-0.2, 0) is 40.0 Å². The number of rotatable bonds is 7. The molecule has 58 heavy (non-hydrogen) atoms. The number of hydrogen-bond acceptors (Lipinski definition) is 11. The van der Waals surface area contributed by atoms with E-state index in [1.807, 2.05) is 65.1 Å². The molecule has 1 aromatic carbocycles. The smallest absolute Gasteiger partial charge is 0.316 e. The maximum absolute atomic E-state index is 14.6. The molecule has 326 valence electrons. The first-order valence-corrected chi connectivity index (χ1v) is 21.5. The van der Waals surface area contributed by atoms with Gasteiger partial charge in [0.15, 0.2) is 12.1 Å². The fraction of sp³-hybridized carbons (Fsp3) is 0.761. The van der Waals surface area contributed by atoms with Crippen LogP contribution in [0.1, 0.15) is 134 Å². The van der Waals surface area contributed by atoms with Crippen LogP contribution in [-0.4, -0.2) is 99.1 Å². The molecule has 2 saturated heterocycles. The van der Waals surface area contributed by atoms with E-state index in [0.29, 0.717) is 44.2 Å². The Morgan fingerprint density at radius 1 is 1.03 bits per heavy atom. The maximum atomic E-state index is 14.6. The third-order valence-electron chi connectivity index (χ3n) is 13.5. The summed E-state index contributed by atoms with van der Waals surface area (Å²) in [5, 5.41) is 29.3. The van der Waals surface area contributed by atoms with E-state index < -0.39 is 65.3 Å². The third kappa shape index (κ3) is 11.2. The predicted molar refractivity (Wildman–Crippen MR) is 225 cm³/mol. The normalized spacial score (nSPS) is 38.8. The standard InChI is InChI=1S/C46H73N3O9/c1-14-37-46(12,54)35-21-20-34(48-55-26-33-18-16-15-17-19-33)22-23-45(11,25-27(2)38(29(35)4)47-32(7)50)41(30(5)39(51)31(6)42(53)57-37)58-43-40(52)36(24-28(3)56-43)49(13)44(8,9)10/h15-19,27-31,35-37,40-41,43,52,54H,14,20-26H2,1-13H3/b47-38?,48-34+/t27-,28-,29-,30+,31-,35-,36+,37-,40-,41-,43+,45-,46+/m1/s1. The average Bonchev–Trinajstić information content (AvgIpc) is 3.17. The third-order valence-corrected chi connectivity index (χ3v) is 13.5. The lowest BCUT2D eigenvalue weighted by Crippen LogP contribution is -2.61. The summed E-state index contributed by atoms with van der Waals surface area (Å²) in [5.74, 6) is -4.74. The highest BCUT2D eigenvalue weighted by Gasteiger charge is 2.52. The van der Waals surface area contributed by atoms with Gasteiger partial charge in [-0.3, -0.25) is 19.3 Å². The Bertz CT molecular complexity index is 1620. The summed E-state index contributed by atoms with van der Waals surface area (Å²) in [7, 11) is 1.99. The number of fused-ring (bicyclic) bond motifs is 5. The highest BCUT2D eigenvalue weighted by molar-refractivity contribution is 6.00. The van der Waals surface area contributed by atoms with Gasteiger partial charge in [0.05, 0.1) is 17.9 Å². The zero-order valence-corrected chi connectivity index (χ0v) is 37.5. The first kappa shape index (κ1) is 47.6. The summed E-state index contributed by atoms with van der Waals surface area (Å²) in [5.41, 5.74) is -0.284. The molecule has 1 amide bonds. The van der Waals surface area contributed by atoms with Crippen molar-refractivity contribution in [1.29, 1.82) is 0 Å². The fourth-order valence-electron chi connectivity index (χ4n) is 9.81. The number of carbonyl (C=O) groups is 3. The second-order valence-electron chi connectivity index (χ2n) is 19.1. The van der Waals surface area contributed by atoms with Crippen LogP contribution >= 0.6 is 0 Å². The van der Waals surface area contributed by atoms with Gasteiger partial charge < -0.3 is 29.3 Å². The molecule has 1 aromatic rings. The molecule has 0 radical (unpaired) electrons. The molecule has 2 bridgehead atoms. The molecule has 12 heteroatoms. The van der Waals surface area contributed by atoms with E-state index in [1.54, 1.807) is 20.8 Å². The number of oxime groups is 1. The number of ether oxygens (including phenoxy) is 3. The van der Waals surface area contributed by atoms with Crippen molar-refractivity contribution in [2.45, 2.75) is 183 Å². The van der Waals surface area contributed by atoms with Crippen LogP contribution < -0.4 is 0 Å². The molecule has 0 aromatic heterocycles. The number of nitrogens with zero attached hydrogens (tertiary/aromatic N) is 3. The number of aliphatic hydroxyl groups excluding tert-OH is 1. The van der Waals surface area contributed by atoms with Crippen molar-refractivity contribution in [1.82, 2.24) is 4.90 Å². The molecule has 13 atom stereocenters. The van der Waals surface area contributed by atoms with Gasteiger partial charge in [-0.25, -0.2) is 4.99 Å². The Balaban J connectivity index is 1.94. The number of Topliss-reactive ketones (excluding diaryl/α,β-unsaturated/α-hetero) is 1. The molecule has 3 aliphatic rings. The lowest BCUT2D eigenvalue weighted by Gasteiger charge is -2.50. The van der Waals surface area contributed by atoms with Crippen molar-refractivity contribution in [3.8, 4) is 0 Å². The number of aliphatic imine (C=N–C) groups is 1. The largest absolute Gasteiger partial charge is 0.459 e. The first-order valence-electron chi connectivity index (χ1n) is 21.5. The zero-order chi connectivity index (χ0) is 43.3. The van der Waals surface area contributed by atoms with E-state index in [0.717, 1.165) is 11.3 Å². The average molecular weight is 812 g/mol. The van der Waals surface area contributed by atoms with Gasteiger partial charge in [-0.1, -0.05) is 70.1 Å². The Hall–Kier alpha value is -3.03. The predicted octanol–water partition coefficient (Wildman–Crippen LogP) is 7.31. The number of ketones is 1. The summed E-state index contributed by atoms with van der Waals surface area (Å²) in [4.78, 5) is 54.3. The summed E-state index contributed by atoms with van der Waals surface area (Å²) in [6.07, 6.45) is -1.08. The molecule has 1 aliphatic carbocycles. The number of aliphatic hydroxyl groups is 2. The minimum absolute atomic E-state index is 0.257. The number of hydrogen-bond donors (Lipinski definition) is 2. The second-order valence-corrected chi connectivity index (χ2v) is 19.1. The van der Waals surface area contributed by atoms with E-state index in [9.17, 15) is 24.6 Å². The van der Waals surface area contributed by atoms with Crippen LogP contribution in [0.5, 0.6) is 0 Å². The van der Waals surface area contributed by atoms with Crippen molar-refractivity contribution >= 4 is 29.1 Å². The Labute approximate surface area is 347 Å². The van der Waals surface area contributed by atoms with Gasteiger partial charge in [0.25, 0.3) is 0 Å². The van der Waals surface area contributed by atoms with Crippen molar-refractivity contribution in [3.63, 3.8) is 0 Å². The number of esters is 1. The Morgan fingerprint density at radius 2 is 1.69 bits per heavy atom. The van der Waals surface area contributed by atoms with Crippen LogP contribution in [0.2, 0.25) is 0 Å². The van der Waals surface area contributed by atoms with Crippen LogP contribution in [0.3, 0.4) is 0 Å². The van der Waals surface area contributed by atoms with Gasteiger partial charge in [0.2, 0.25) is 5.91 Å². The van der Waals surface area contributed by atoms with Crippen molar-refractivity contribution in [3.05, 3.63) is 35.9 Å². The summed E-state index contributed by atoms with van der Waals surface area (Å²) in [6.45, 7) is 22.9. The highest BCUT2D eigenvalue weighted by atomic mass is 16.7. The first-order chi connectivity index (χ1) is 27.0. The zero-order valence-electron chi connectivity index (χ0n) is 37.5. The highest BCUT2D eigenvalue weighted by Crippen LogP contribution is 2.46. The van der Waals surface area contributed by atoms with Crippen molar-refractivity contribution < 1.29 is 43.6 Å². The van der Waals surface area contributed by atoms with Gasteiger partial charge in [-0.05, 0) is 116 Å². The van der Waals surface area contributed by atoms with Gasteiger partial charge in [-0.15, -0.1) is 0 Å². The molecule has 2 N–H and O–H groups in total. The molecule has 2 heterocycles. The topological polar surface area (TPSA) is 157 Å². The SMILES string of the molecule is CC[C@H]1OC(=O)[C@H](C)C(=O)[C@H](C)[C@@H](O[C@@H]2O[C@H](C)C[C@H](N(C)C(C)(C)C)[C@H]2O)[C@]2(C)CC/C(=N/OCc3ccccc3)CC[C@H]([C@@H](C)C(=NC(C)=O)[C@H](C)C2)[C@]1(C)O. The van der Waals surface area contributed by atoms with E-state index in [1.165, 1.54) is 6.92 Å². The molecule has 0 spiro atoms. The van der Waals surface area contributed by atoms with Gasteiger partial charge >= 0.3 is 5.97 Å². The van der Waals surface area contributed by atoms with E-state index in [2.05, 4.69) is 37.6 Å². The molecule has 2 aliphatic heterocycles. The maximum Gasteiger partial charge on any atom is 0.316 e. The van der Waals surface area contributed by atoms with Gasteiger partial charge in [0, 0.05) is 36.1 Å². The van der Waals surface area contributed by atoms with Crippen LogP contribution in [0.25, 0.3) is 0 Å². The monoisotopic (exact) mass is 812 g/mol. The lowest BCUT2D eigenvalue weighted by molar-refractivity contribution is -0.290. The van der Waals surface area contributed by atoms with Crippen LogP contribution in [0.4, 0.5) is 0 Å². The number of carbonyl (C=O) groups excluding carboxylic acids is 3. The molecular formula is C46H73N3O9. The van der Waals surface area contributed by atoms with Crippen molar-refractivity contribution in [2.75, 3.05) is 7.05 Å². The summed E-state index contributed by atoms with van der Waals surface area (Å²) >= 11 is 0. The van der Waals surface area contributed by atoms with E-state index >= 15 is 0 Å². The number of cyclic esters (lactones) is 1. The van der Waals surface area contributed by atoms with Gasteiger partial charge in [-0.2, -0.15) is 0 Å². The Morgan fingerprint density at radius 3 is 2.29 bits per heavy atom. The summed E-state index contributed by atoms with van der Waals surface area (Å²) < 4.78 is 19.6. The molecule has 4 rings (SSSR count). The van der Waals surface area contributed by atoms with Crippen LogP contribution in [0, 0.1) is 35.0 Å². The molecule has 3 fully saturated rings. The van der Waals surface area contributed by atoms with E-state index in [-0.39, 0.29) is 48.3 Å². The molecule has 12 nitrogen and oxygen atoms in total. The van der Waals surface area contributed by atoms with Crippen molar-refractivity contribution in [2.24, 2.45) is 45.2 Å². The van der Waals surface area contributed by atoms with Gasteiger partial charge in [0.1, 0.15) is 30.3 Å². The number of amides is 1. The lowest BCUT2D eigenvalue weighted by atomic mass is 9.65.